The Labute approximate surface area is 495 Å². The fraction of sp³-hybridized carbons (Fsp3) is 0.205. The quantitative estimate of drug-likeness (QED) is 0.172. The molecule has 7 nitrogen and oxygen atoms in total. The fourth-order valence-corrected chi connectivity index (χ4v) is 13.6. The van der Waals surface area contributed by atoms with Gasteiger partial charge in [0.25, 0.3) is 0 Å². The van der Waals surface area contributed by atoms with Gasteiger partial charge in [0.15, 0.2) is 5.58 Å². The number of para-hydroxylation sites is 6. The third-order valence-electron chi connectivity index (χ3n) is 18.1. The molecule has 0 unspecified atom stereocenters. The van der Waals surface area contributed by atoms with Gasteiger partial charge >= 0.3 is 0 Å². The van der Waals surface area contributed by atoms with Gasteiger partial charge in [0.2, 0.25) is 5.89 Å². The molecular formula is C78H68N6O. The van der Waals surface area contributed by atoms with E-state index in [1.807, 2.05) is 24.3 Å². The maximum atomic E-state index is 13.1. The van der Waals surface area contributed by atoms with E-state index in [0.717, 1.165) is 110 Å². The van der Waals surface area contributed by atoms with E-state index >= 15 is 0 Å². The molecule has 0 aliphatic carbocycles. The zero-order valence-corrected chi connectivity index (χ0v) is 50.6. The number of hydrogen-bond donors (Lipinski definition) is 0. The first-order valence-corrected chi connectivity index (χ1v) is 29.9. The van der Waals surface area contributed by atoms with Gasteiger partial charge in [0.1, 0.15) is 17.1 Å². The van der Waals surface area contributed by atoms with Crippen molar-refractivity contribution >= 4 is 98.3 Å². The molecule has 85 heavy (non-hydrogen) atoms. The van der Waals surface area contributed by atoms with Crippen LogP contribution < -0.4 is 0 Å². The van der Waals surface area contributed by atoms with E-state index in [1.165, 1.54) is 22.3 Å². The van der Waals surface area contributed by atoms with E-state index < -0.39 is 0 Å². The van der Waals surface area contributed by atoms with Gasteiger partial charge in [-0.05, 0) is 129 Å². The molecule has 0 atom stereocenters. The van der Waals surface area contributed by atoms with Gasteiger partial charge in [-0.2, -0.15) is 5.26 Å². The number of nitrogens with zero attached hydrogens (tertiary/aromatic N) is 6. The third-order valence-corrected chi connectivity index (χ3v) is 18.1. The molecule has 0 fully saturated rings. The van der Waals surface area contributed by atoms with Crippen LogP contribution in [0.2, 0.25) is 0 Å². The monoisotopic (exact) mass is 1100 g/mol. The smallest absolute Gasteiger partial charge is 0.231 e. The number of hydrogen-bond acceptors (Lipinski definition) is 3. The number of aromatic nitrogens is 5. The minimum atomic E-state index is -0.137. The van der Waals surface area contributed by atoms with Crippen LogP contribution in [0.4, 0.5) is 0 Å². The van der Waals surface area contributed by atoms with Gasteiger partial charge in [-0.25, -0.2) is 4.98 Å². The van der Waals surface area contributed by atoms with Crippen molar-refractivity contribution in [3.05, 3.63) is 222 Å². The molecule has 0 spiro atoms. The largest absolute Gasteiger partial charge is 0.436 e. The first kappa shape index (κ1) is 52.2. The minimum absolute atomic E-state index is 0.135. The first-order chi connectivity index (χ1) is 40.7. The van der Waals surface area contributed by atoms with Crippen molar-refractivity contribution in [3.63, 3.8) is 0 Å². The third kappa shape index (κ3) is 7.80. The highest BCUT2D eigenvalue weighted by Gasteiger charge is 2.37. The summed E-state index contributed by atoms with van der Waals surface area (Å²) in [6, 6.07) is 74.1. The summed E-state index contributed by atoms with van der Waals surface area (Å²) in [5, 5.41) is 22.0. The lowest BCUT2D eigenvalue weighted by atomic mass is 9.86. The van der Waals surface area contributed by atoms with Gasteiger partial charge in [-0.15, -0.1) is 0 Å². The lowest BCUT2D eigenvalue weighted by Gasteiger charge is -2.28. The number of nitriles is 1. The van der Waals surface area contributed by atoms with Crippen LogP contribution in [-0.2, 0) is 21.7 Å². The normalized spacial score (nSPS) is 12.9. The molecule has 0 N–H and O–H groups in total. The summed E-state index contributed by atoms with van der Waals surface area (Å²) in [5.74, 6) is 0.401. The first-order valence-electron chi connectivity index (χ1n) is 29.9. The second-order valence-corrected chi connectivity index (χ2v) is 27.6. The Hall–Kier alpha value is -9.64. The molecule has 7 heteroatoms. The second-order valence-electron chi connectivity index (χ2n) is 27.6. The van der Waals surface area contributed by atoms with Crippen molar-refractivity contribution in [3.8, 4) is 40.3 Å². The van der Waals surface area contributed by atoms with Crippen molar-refractivity contribution in [1.29, 1.82) is 5.26 Å². The van der Waals surface area contributed by atoms with E-state index in [1.54, 1.807) is 0 Å². The van der Waals surface area contributed by atoms with Crippen molar-refractivity contribution in [1.82, 2.24) is 23.3 Å². The Kier molecular flexibility index (Phi) is 11.2. The van der Waals surface area contributed by atoms with Crippen LogP contribution in [0.15, 0.2) is 199 Å². The van der Waals surface area contributed by atoms with E-state index in [9.17, 15) is 5.26 Å². The highest BCUT2D eigenvalue weighted by Crippen LogP contribution is 2.53. The maximum Gasteiger partial charge on any atom is 0.231 e. The van der Waals surface area contributed by atoms with Crippen LogP contribution in [0.5, 0.6) is 0 Å². The Morgan fingerprint density at radius 2 is 0.635 bits per heavy atom. The molecule has 10 aromatic carbocycles. The molecule has 0 bridgehead atoms. The van der Waals surface area contributed by atoms with Crippen LogP contribution >= 0.6 is 0 Å². The highest BCUT2D eigenvalue weighted by molar-refractivity contribution is 6.17. The van der Waals surface area contributed by atoms with E-state index in [0.29, 0.717) is 28.3 Å². The average Bonchev–Trinajstić information content (AvgIpc) is 1.63. The van der Waals surface area contributed by atoms with Gasteiger partial charge in [0.05, 0.1) is 72.4 Å². The van der Waals surface area contributed by atoms with Crippen LogP contribution in [0.25, 0.3) is 133 Å². The lowest BCUT2D eigenvalue weighted by molar-refractivity contribution is 0.591. The summed E-state index contributed by atoms with van der Waals surface area (Å²) in [4.78, 5) is 5.60. The predicted octanol–water partition coefficient (Wildman–Crippen LogP) is 20.9. The Morgan fingerprint density at radius 1 is 0.329 bits per heavy atom. The summed E-state index contributed by atoms with van der Waals surface area (Å²) in [7, 11) is 0. The van der Waals surface area contributed by atoms with Crippen LogP contribution in [0.3, 0.4) is 0 Å². The molecule has 5 heterocycles. The summed E-state index contributed by atoms with van der Waals surface area (Å²) < 4.78 is 17.1. The van der Waals surface area contributed by atoms with Crippen molar-refractivity contribution < 1.29 is 4.42 Å². The molecule has 0 saturated carbocycles. The minimum Gasteiger partial charge on any atom is -0.436 e. The summed E-state index contributed by atoms with van der Waals surface area (Å²) in [5.41, 5.74) is 17.9. The SMILES string of the molecule is CC(C)(C)c1ccc2c(c1)c1ccccc1n2-c1c(C#N)c(-n2c3ccccc3c3cc(C(C)(C)C)ccc32)c(-n2c3ccccc3c3cc(C(C)(C)C)ccc32)c(-n2c3ccccc3c3cc(C(C)(C)C)ccc32)c1-c1nc2ccccc2o1. The molecular weight excluding hydrogens is 1040 g/mol. The lowest BCUT2D eigenvalue weighted by Crippen LogP contribution is -2.17. The Balaban J connectivity index is 1.30. The molecule has 0 radical (unpaired) electrons. The van der Waals surface area contributed by atoms with E-state index in [4.69, 9.17) is 9.40 Å². The molecule has 0 aliphatic rings. The van der Waals surface area contributed by atoms with Gasteiger partial charge in [0, 0.05) is 43.1 Å². The molecule has 15 aromatic rings. The number of oxazole rings is 1. The standard InChI is InChI=1S/C78H68N6O/c1-75(2,3)46-33-37-64-54(41-46)50-23-13-18-28-60(50)81(64)70-58(45-79)71(82-61-29-19-14-24-51(61)55-42-47(76(4,5)6)34-38-65(55)82)73(84-63-31-21-16-26-53(63)57-44-49(78(10,11)12)36-40-67(57)84)72(69(70)74-80-59-27-17-22-32-68(59)85-74)83-62-30-20-15-25-52(62)56-43-48(77(7,8)9)35-39-66(56)83/h13-44H,1-12H3. The van der Waals surface area contributed by atoms with Gasteiger partial charge < -0.3 is 22.7 Å². The molecule has 15 rings (SSSR count). The zero-order valence-electron chi connectivity index (χ0n) is 50.6. The molecule has 0 amide bonds. The summed E-state index contributed by atoms with van der Waals surface area (Å²) in [6.45, 7) is 27.4. The zero-order chi connectivity index (χ0) is 58.8. The Bertz CT molecular complexity index is 5330. The van der Waals surface area contributed by atoms with E-state index in [-0.39, 0.29) is 21.7 Å². The topological polar surface area (TPSA) is 69.5 Å². The van der Waals surface area contributed by atoms with Crippen molar-refractivity contribution in [2.45, 2.75) is 105 Å². The van der Waals surface area contributed by atoms with Crippen molar-refractivity contribution in [2.75, 3.05) is 0 Å². The fourth-order valence-electron chi connectivity index (χ4n) is 13.6. The molecule has 0 aliphatic heterocycles. The molecule has 416 valence electrons. The van der Waals surface area contributed by atoms with Crippen LogP contribution in [0.1, 0.15) is 111 Å². The molecule has 0 saturated heterocycles. The van der Waals surface area contributed by atoms with Crippen molar-refractivity contribution in [2.24, 2.45) is 0 Å². The number of fused-ring (bicyclic) bond motifs is 13. The Morgan fingerprint density at radius 3 is 0.988 bits per heavy atom. The van der Waals surface area contributed by atoms with Gasteiger partial charge in [-0.1, -0.05) is 192 Å². The van der Waals surface area contributed by atoms with E-state index in [2.05, 4.69) is 277 Å². The second kappa shape index (κ2) is 18.2. The summed E-state index contributed by atoms with van der Waals surface area (Å²) >= 11 is 0. The highest BCUT2D eigenvalue weighted by atomic mass is 16.3. The number of benzene rings is 10. The van der Waals surface area contributed by atoms with Crippen LogP contribution in [-0.4, -0.2) is 23.3 Å². The predicted molar refractivity (Wildman–Crippen MR) is 356 cm³/mol. The maximum absolute atomic E-state index is 13.1. The molecule has 5 aromatic heterocycles. The summed E-state index contributed by atoms with van der Waals surface area (Å²) in [6.07, 6.45) is 0. The van der Waals surface area contributed by atoms with Crippen LogP contribution in [0, 0.1) is 11.3 Å². The van der Waals surface area contributed by atoms with Gasteiger partial charge in [-0.3, -0.25) is 0 Å². The average molecular weight is 1110 g/mol. The number of rotatable bonds is 5.